The lowest BCUT2D eigenvalue weighted by atomic mass is 9.84. The molecule has 0 fully saturated rings. The van der Waals surface area contributed by atoms with Gasteiger partial charge in [0, 0.05) is 16.8 Å². The molecule has 148 valence electrons. The zero-order valence-electron chi connectivity index (χ0n) is 16.1. The summed E-state index contributed by atoms with van der Waals surface area (Å²) in [6.07, 6.45) is 2.61. The number of pyridine rings is 1. The molecule has 1 aliphatic carbocycles. The Hall–Kier alpha value is -3.28. The highest BCUT2D eigenvalue weighted by Crippen LogP contribution is 2.32. The molecule has 3 aromatic rings. The van der Waals surface area contributed by atoms with Gasteiger partial charge in [-0.3, -0.25) is 9.78 Å². The van der Waals surface area contributed by atoms with Crippen LogP contribution in [0.1, 0.15) is 35.0 Å². The summed E-state index contributed by atoms with van der Waals surface area (Å²) in [4.78, 5) is 29.8. The number of anilines is 1. The second-order valence-corrected chi connectivity index (χ2v) is 7.41. The molecule has 1 unspecified atom stereocenters. The van der Waals surface area contributed by atoms with E-state index < -0.39 is 24.3 Å². The standard InChI is InChI=1S/C23H21FN2O3/c1-14-9-10-20-18(11-14)22(17-7-2-3-8-19(17)26-20)23(28)29-13-21(27)25-16-6-4-5-15(24)12-16/h2-8,12,14H,9-11,13H2,1H3,(H,25,27). The summed E-state index contributed by atoms with van der Waals surface area (Å²) in [5.41, 5.74) is 3.40. The third kappa shape index (κ3) is 4.11. The molecule has 2 aromatic carbocycles. The molecule has 1 amide bonds. The third-order valence-electron chi connectivity index (χ3n) is 5.15. The van der Waals surface area contributed by atoms with Gasteiger partial charge in [0.25, 0.3) is 5.91 Å². The van der Waals surface area contributed by atoms with Crippen LogP contribution in [-0.4, -0.2) is 23.5 Å². The molecule has 5 nitrogen and oxygen atoms in total. The van der Waals surface area contributed by atoms with Gasteiger partial charge in [0.1, 0.15) is 5.82 Å². The van der Waals surface area contributed by atoms with Crippen LogP contribution in [0, 0.1) is 11.7 Å². The Bertz CT molecular complexity index is 1100. The van der Waals surface area contributed by atoms with Crippen molar-refractivity contribution in [2.75, 3.05) is 11.9 Å². The van der Waals surface area contributed by atoms with E-state index in [4.69, 9.17) is 9.72 Å². The lowest BCUT2D eigenvalue weighted by molar-refractivity contribution is -0.119. The van der Waals surface area contributed by atoms with E-state index in [0.29, 0.717) is 17.2 Å². The lowest BCUT2D eigenvalue weighted by Crippen LogP contribution is -2.23. The lowest BCUT2D eigenvalue weighted by Gasteiger charge is -2.24. The van der Waals surface area contributed by atoms with Gasteiger partial charge >= 0.3 is 5.97 Å². The molecule has 1 aliphatic rings. The summed E-state index contributed by atoms with van der Waals surface area (Å²) in [5.74, 6) is -1.06. The molecule has 0 radical (unpaired) electrons. The molecule has 0 saturated heterocycles. The van der Waals surface area contributed by atoms with Crippen molar-refractivity contribution >= 4 is 28.5 Å². The van der Waals surface area contributed by atoms with Gasteiger partial charge in [-0.15, -0.1) is 0 Å². The Morgan fingerprint density at radius 3 is 2.86 bits per heavy atom. The quantitative estimate of drug-likeness (QED) is 0.673. The monoisotopic (exact) mass is 392 g/mol. The molecule has 1 atom stereocenters. The Labute approximate surface area is 167 Å². The number of fused-ring (bicyclic) bond motifs is 2. The number of rotatable bonds is 4. The number of hydrogen-bond acceptors (Lipinski definition) is 4. The molecular formula is C23H21FN2O3. The first-order valence-corrected chi connectivity index (χ1v) is 9.64. The van der Waals surface area contributed by atoms with E-state index in [2.05, 4.69) is 12.2 Å². The Morgan fingerprint density at radius 1 is 1.21 bits per heavy atom. The SMILES string of the molecule is CC1CCc2nc3ccccc3c(C(=O)OCC(=O)Nc3cccc(F)c3)c2C1. The molecule has 6 heteroatoms. The molecule has 0 aliphatic heterocycles. The van der Waals surface area contributed by atoms with Crippen molar-refractivity contribution in [3.8, 4) is 0 Å². The second-order valence-electron chi connectivity index (χ2n) is 7.41. The van der Waals surface area contributed by atoms with Gasteiger partial charge in [0.15, 0.2) is 6.61 Å². The molecule has 1 N–H and O–H groups in total. The van der Waals surface area contributed by atoms with Gasteiger partial charge in [0.05, 0.1) is 11.1 Å². The molecule has 0 bridgehead atoms. The van der Waals surface area contributed by atoms with Gasteiger partial charge in [-0.1, -0.05) is 31.2 Å². The fourth-order valence-corrected chi connectivity index (χ4v) is 3.76. The average Bonchev–Trinajstić information content (AvgIpc) is 2.70. The van der Waals surface area contributed by atoms with Gasteiger partial charge in [0.2, 0.25) is 0 Å². The summed E-state index contributed by atoms with van der Waals surface area (Å²) in [6, 6.07) is 13.0. The minimum atomic E-state index is -0.539. The number of aromatic nitrogens is 1. The number of carbonyl (C=O) groups excluding carboxylic acids is 2. The molecule has 29 heavy (non-hydrogen) atoms. The third-order valence-corrected chi connectivity index (χ3v) is 5.15. The van der Waals surface area contributed by atoms with Gasteiger partial charge in [-0.2, -0.15) is 0 Å². The number of amides is 1. The number of benzene rings is 2. The van der Waals surface area contributed by atoms with Gasteiger partial charge in [-0.05, 0) is 55.0 Å². The van der Waals surface area contributed by atoms with Crippen molar-refractivity contribution in [1.82, 2.24) is 4.98 Å². The van der Waals surface area contributed by atoms with Crippen LogP contribution in [0.5, 0.6) is 0 Å². The number of nitrogens with one attached hydrogen (secondary N) is 1. The van der Waals surface area contributed by atoms with Crippen LogP contribution in [0.4, 0.5) is 10.1 Å². The molecule has 1 heterocycles. The highest BCUT2D eigenvalue weighted by atomic mass is 19.1. The Kier molecular flexibility index (Phi) is 5.25. The first-order valence-electron chi connectivity index (χ1n) is 9.64. The van der Waals surface area contributed by atoms with Crippen molar-refractivity contribution < 1.29 is 18.7 Å². The molecule has 1 aromatic heterocycles. The number of hydrogen-bond donors (Lipinski definition) is 1. The van der Waals surface area contributed by atoms with Crippen molar-refractivity contribution in [1.29, 1.82) is 0 Å². The summed E-state index contributed by atoms with van der Waals surface area (Å²) >= 11 is 0. The highest BCUT2D eigenvalue weighted by Gasteiger charge is 2.26. The van der Waals surface area contributed by atoms with Crippen molar-refractivity contribution in [3.63, 3.8) is 0 Å². The van der Waals surface area contributed by atoms with Crippen LogP contribution in [0.25, 0.3) is 10.9 Å². The minimum absolute atomic E-state index is 0.312. The number of carbonyl (C=O) groups is 2. The highest BCUT2D eigenvalue weighted by molar-refractivity contribution is 6.06. The maximum atomic E-state index is 13.3. The van der Waals surface area contributed by atoms with E-state index in [-0.39, 0.29) is 0 Å². The van der Waals surface area contributed by atoms with E-state index >= 15 is 0 Å². The molecule has 4 rings (SSSR count). The van der Waals surface area contributed by atoms with E-state index in [1.807, 2.05) is 24.3 Å². The smallest absolute Gasteiger partial charge is 0.339 e. The number of esters is 1. The zero-order chi connectivity index (χ0) is 20.4. The normalized spacial score (nSPS) is 15.6. The maximum Gasteiger partial charge on any atom is 0.339 e. The fraction of sp³-hybridized carbons (Fsp3) is 0.261. The predicted molar refractivity (Wildman–Crippen MR) is 108 cm³/mol. The van der Waals surface area contributed by atoms with Crippen LogP contribution >= 0.6 is 0 Å². The van der Waals surface area contributed by atoms with E-state index in [0.717, 1.165) is 41.4 Å². The summed E-state index contributed by atoms with van der Waals surface area (Å²) < 4.78 is 18.6. The topological polar surface area (TPSA) is 68.3 Å². The molecule has 0 spiro atoms. The Balaban J connectivity index is 1.56. The number of nitrogens with zero attached hydrogens (tertiary/aromatic N) is 1. The first-order chi connectivity index (χ1) is 14.0. The van der Waals surface area contributed by atoms with Gasteiger partial charge < -0.3 is 10.1 Å². The fourth-order valence-electron chi connectivity index (χ4n) is 3.76. The number of halogens is 1. The molecular weight excluding hydrogens is 371 g/mol. The van der Waals surface area contributed by atoms with Crippen LogP contribution in [-0.2, 0) is 22.4 Å². The summed E-state index contributed by atoms with van der Waals surface area (Å²) in [7, 11) is 0. The van der Waals surface area contributed by atoms with Crippen LogP contribution in [0.3, 0.4) is 0 Å². The zero-order valence-corrected chi connectivity index (χ0v) is 16.1. The van der Waals surface area contributed by atoms with E-state index in [1.54, 1.807) is 6.07 Å². The van der Waals surface area contributed by atoms with Crippen LogP contribution in [0.2, 0.25) is 0 Å². The summed E-state index contributed by atoms with van der Waals surface area (Å²) in [6.45, 7) is 1.70. The molecule has 0 saturated carbocycles. The van der Waals surface area contributed by atoms with Crippen molar-refractivity contribution in [3.05, 3.63) is 71.2 Å². The second kappa shape index (κ2) is 7.99. The van der Waals surface area contributed by atoms with Crippen molar-refractivity contribution in [2.45, 2.75) is 26.2 Å². The maximum absolute atomic E-state index is 13.3. The van der Waals surface area contributed by atoms with E-state index in [1.165, 1.54) is 18.2 Å². The number of aryl methyl sites for hydroxylation is 1. The van der Waals surface area contributed by atoms with Crippen molar-refractivity contribution in [2.24, 2.45) is 5.92 Å². The average molecular weight is 392 g/mol. The largest absolute Gasteiger partial charge is 0.452 e. The first kappa shape index (κ1) is 19.1. The Morgan fingerprint density at radius 2 is 2.03 bits per heavy atom. The summed E-state index contributed by atoms with van der Waals surface area (Å²) in [5, 5.41) is 3.26. The van der Waals surface area contributed by atoms with E-state index in [9.17, 15) is 14.0 Å². The minimum Gasteiger partial charge on any atom is -0.452 e. The predicted octanol–water partition coefficient (Wildman–Crippen LogP) is 4.29. The van der Waals surface area contributed by atoms with Crippen LogP contribution in [0.15, 0.2) is 48.5 Å². The van der Waals surface area contributed by atoms with Crippen LogP contribution < -0.4 is 5.32 Å². The number of ether oxygens (including phenoxy) is 1. The number of para-hydroxylation sites is 1. The van der Waals surface area contributed by atoms with Gasteiger partial charge in [-0.25, -0.2) is 9.18 Å².